The van der Waals surface area contributed by atoms with Gasteiger partial charge in [0.15, 0.2) is 5.58 Å². The van der Waals surface area contributed by atoms with Gasteiger partial charge in [-0.1, -0.05) is 178 Å². The van der Waals surface area contributed by atoms with Crippen molar-refractivity contribution in [2.45, 2.75) is 128 Å². The number of hydrogen-bond donors (Lipinski definition) is 0. The number of anilines is 8. The fourth-order valence-corrected chi connectivity index (χ4v) is 16.5. The average molecular weight is 1040 g/mol. The van der Waals surface area contributed by atoms with Gasteiger partial charge in [-0.15, -0.1) is 0 Å². The molecule has 0 spiro atoms. The van der Waals surface area contributed by atoms with E-state index in [1.54, 1.807) is 0 Å². The molecular weight excluding hydrogens is 971 g/mol. The topological polar surface area (TPSA) is 22.9 Å². The quantitative estimate of drug-likeness (QED) is 0.176. The van der Waals surface area contributed by atoms with Crippen LogP contribution in [-0.4, -0.2) is 0 Å². The number of allylic oxidation sites excluding steroid dienone is 1. The van der Waals surface area contributed by atoms with Gasteiger partial charge in [-0.3, -0.25) is 0 Å². The molecule has 1 aromatic heterocycles. The highest BCUT2D eigenvalue weighted by Gasteiger charge is 2.51. The number of aryl methyl sites for hydroxylation is 1. The molecule has 1 unspecified atom stereocenters. The summed E-state index contributed by atoms with van der Waals surface area (Å²) in [5, 5.41) is 2.25. The summed E-state index contributed by atoms with van der Waals surface area (Å²) in [6, 6.07) is 67.6. The number of rotatable bonds is 3. The fraction of sp³-hybridized carbons (Fsp3) is 0.263. The highest BCUT2D eigenvalue weighted by molar-refractivity contribution is 6.12. The van der Waals surface area contributed by atoms with Gasteiger partial charge in [-0.2, -0.15) is 0 Å². The predicted molar refractivity (Wildman–Crippen MR) is 333 cm³/mol. The first-order valence-electron chi connectivity index (χ1n) is 29.3. The summed E-state index contributed by atoms with van der Waals surface area (Å²) >= 11 is 0. The Hall–Kier alpha value is -8.08. The van der Waals surface area contributed by atoms with Crippen molar-refractivity contribution in [3.63, 3.8) is 0 Å². The molecule has 0 saturated heterocycles. The Labute approximate surface area is 472 Å². The van der Waals surface area contributed by atoms with E-state index in [1.165, 1.54) is 124 Å². The molecule has 80 heavy (non-hydrogen) atoms. The van der Waals surface area contributed by atoms with Crippen molar-refractivity contribution in [2.24, 2.45) is 0 Å². The van der Waals surface area contributed by atoms with Crippen LogP contribution in [0.2, 0.25) is 0 Å². The first-order chi connectivity index (χ1) is 38.4. The standard InChI is InChI=1S/C76H69N3O/c1-44-38-64-68-65(39-44)79(61-30-21-25-49-47-24-15-20-31-66(47)80-71(49)61)62-43-63-59(75(8,9)56-28-18-19-29-60(56)77(63)45-22-13-12-14-23-45)42-51(62)67(68)52-41-50-48(33-35-57-69(50)76(10,11)55-27-17-16-26-54(55)74(57,6)7)70(52)78(64)46-32-34-53-58(40-46)73(4,5)37-36-72(53,2)3/h12-35,38-40,42-43,67H,36-37,41H2,1-11H3. The third-order valence-corrected chi connectivity index (χ3v) is 20.6. The summed E-state index contributed by atoms with van der Waals surface area (Å²) < 4.78 is 7.11. The highest BCUT2D eigenvalue weighted by atomic mass is 16.3. The number of hydrogen-bond acceptors (Lipinski definition) is 4. The van der Waals surface area contributed by atoms with Crippen LogP contribution in [0.25, 0.3) is 27.6 Å². The third kappa shape index (κ3) is 6.17. The second kappa shape index (κ2) is 15.8. The highest BCUT2D eigenvalue weighted by Crippen LogP contribution is 2.67. The molecular formula is C76H69N3O. The zero-order chi connectivity index (χ0) is 54.7. The van der Waals surface area contributed by atoms with Crippen molar-refractivity contribution in [1.29, 1.82) is 0 Å². The van der Waals surface area contributed by atoms with Crippen molar-refractivity contribution >= 4 is 73.1 Å². The second-order valence-electron chi connectivity index (χ2n) is 27.2. The van der Waals surface area contributed by atoms with E-state index in [0.29, 0.717) is 0 Å². The van der Waals surface area contributed by atoms with E-state index in [9.17, 15) is 0 Å². The van der Waals surface area contributed by atoms with Gasteiger partial charge in [-0.05, 0) is 171 Å². The molecule has 4 heteroatoms. The van der Waals surface area contributed by atoms with Gasteiger partial charge in [0.25, 0.3) is 0 Å². The number of fused-ring (bicyclic) bond motifs is 14. The summed E-state index contributed by atoms with van der Waals surface area (Å²) in [6.45, 7) is 27.0. The Bertz CT molecular complexity index is 4400. The van der Waals surface area contributed by atoms with Crippen molar-refractivity contribution in [1.82, 2.24) is 0 Å². The van der Waals surface area contributed by atoms with E-state index in [-0.39, 0.29) is 33.0 Å². The average Bonchev–Trinajstić information content (AvgIpc) is 4.18. The van der Waals surface area contributed by atoms with Crippen LogP contribution in [0.5, 0.6) is 0 Å². The monoisotopic (exact) mass is 1040 g/mol. The van der Waals surface area contributed by atoms with Crippen LogP contribution in [0, 0.1) is 6.92 Å². The summed E-state index contributed by atoms with van der Waals surface area (Å²) in [5.41, 5.74) is 31.7. The number of nitrogens with zero attached hydrogens (tertiary/aromatic N) is 3. The maximum Gasteiger partial charge on any atom is 0.159 e. The summed E-state index contributed by atoms with van der Waals surface area (Å²) in [6.07, 6.45) is 3.18. The summed E-state index contributed by atoms with van der Waals surface area (Å²) in [7, 11) is 0. The molecule has 394 valence electrons. The molecule has 0 N–H and O–H groups in total. The van der Waals surface area contributed by atoms with Crippen LogP contribution in [0.4, 0.5) is 45.5 Å². The van der Waals surface area contributed by atoms with E-state index < -0.39 is 0 Å². The molecule has 4 nitrogen and oxygen atoms in total. The van der Waals surface area contributed by atoms with Crippen molar-refractivity contribution in [3.8, 4) is 0 Å². The van der Waals surface area contributed by atoms with Crippen LogP contribution in [0.1, 0.15) is 160 Å². The van der Waals surface area contributed by atoms with Gasteiger partial charge in [0.05, 0.1) is 39.8 Å². The minimum absolute atomic E-state index is 0.0250. The van der Waals surface area contributed by atoms with Crippen molar-refractivity contribution in [2.75, 3.05) is 14.7 Å². The van der Waals surface area contributed by atoms with E-state index in [4.69, 9.17) is 4.42 Å². The van der Waals surface area contributed by atoms with Crippen LogP contribution in [0.15, 0.2) is 186 Å². The second-order valence-corrected chi connectivity index (χ2v) is 27.2. The van der Waals surface area contributed by atoms with Gasteiger partial charge in [0.1, 0.15) is 5.58 Å². The molecule has 0 amide bonds. The number of furan rings is 1. The lowest BCUT2D eigenvalue weighted by molar-refractivity contribution is 0.332. The molecule has 9 aromatic carbocycles. The fourth-order valence-electron chi connectivity index (χ4n) is 16.5. The van der Waals surface area contributed by atoms with Gasteiger partial charge in [0, 0.05) is 55.4 Å². The van der Waals surface area contributed by atoms with E-state index in [2.05, 4.69) is 267 Å². The van der Waals surface area contributed by atoms with Gasteiger partial charge in [-0.25, -0.2) is 0 Å². The molecule has 0 radical (unpaired) electrons. The third-order valence-electron chi connectivity index (χ3n) is 20.6. The van der Waals surface area contributed by atoms with Gasteiger partial charge >= 0.3 is 0 Å². The van der Waals surface area contributed by atoms with Gasteiger partial charge < -0.3 is 19.1 Å². The Morgan fingerprint density at radius 1 is 0.425 bits per heavy atom. The summed E-state index contributed by atoms with van der Waals surface area (Å²) in [4.78, 5) is 7.87. The molecule has 16 rings (SSSR count). The first-order valence-corrected chi connectivity index (χ1v) is 29.3. The molecule has 3 aliphatic heterocycles. The molecule has 6 aliphatic rings. The van der Waals surface area contributed by atoms with E-state index in [0.717, 1.165) is 46.2 Å². The molecule has 1 atom stereocenters. The van der Waals surface area contributed by atoms with Crippen LogP contribution in [-0.2, 0) is 33.5 Å². The first kappa shape index (κ1) is 47.9. The Kier molecular flexibility index (Phi) is 9.48. The largest absolute Gasteiger partial charge is 0.454 e. The summed E-state index contributed by atoms with van der Waals surface area (Å²) in [5.74, 6) is -0.0560. The molecule has 3 aliphatic carbocycles. The zero-order valence-electron chi connectivity index (χ0n) is 48.2. The Morgan fingerprint density at radius 2 is 1.05 bits per heavy atom. The Balaban J connectivity index is 1.04. The number of benzene rings is 9. The Morgan fingerprint density at radius 3 is 1.82 bits per heavy atom. The lowest BCUT2D eigenvalue weighted by atomic mass is 9.58. The molecule has 0 fully saturated rings. The molecule has 0 bridgehead atoms. The normalized spacial score (nSPS) is 19.5. The van der Waals surface area contributed by atoms with E-state index >= 15 is 0 Å². The number of para-hydroxylation sites is 4. The zero-order valence-corrected chi connectivity index (χ0v) is 48.2. The molecule has 10 aromatic rings. The van der Waals surface area contributed by atoms with Crippen LogP contribution < -0.4 is 14.7 Å². The smallest absolute Gasteiger partial charge is 0.159 e. The predicted octanol–water partition coefficient (Wildman–Crippen LogP) is 20.4. The van der Waals surface area contributed by atoms with Crippen molar-refractivity contribution < 1.29 is 4.42 Å². The van der Waals surface area contributed by atoms with E-state index in [1.807, 2.05) is 0 Å². The van der Waals surface area contributed by atoms with Gasteiger partial charge in [0.2, 0.25) is 0 Å². The lowest BCUT2D eigenvalue weighted by Gasteiger charge is -2.48. The maximum absolute atomic E-state index is 7.11. The van der Waals surface area contributed by atoms with Crippen LogP contribution >= 0.6 is 0 Å². The maximum atomic E-state index is 7.11. The minimum atomic E-state index is -0.325. The van der Waals surface area contributed by atoms with Crippen LogP contribution in [0.3, 0.4) is 0 Å². The molecule has 4 heterocycles. The lowest BCUT2D eigenvalue weighted by Crippen LogP contribution is -2.37. The minimum Gasteiger partial charge on any atom is -0.454 e. The van der Waals surface area contributed by atoms with Crippen molar-refractivity contribution in [3.05, 3.63) is 254 Å². The SMILES string of the molecule is Cc1cc2c3c(c1)N(c1cccc4c1oc1ccccc14)c1cc4c(cc1C3C1=C(c3ccc5c(c3C1)C(C)(C)c1ccccc1C5(C)C)N2c1ccc2c(c1)C(C)(C)CCC2(C)C)C(C)(C)c1ccccc1N4c1ccccc1. The molecule has 0 saturated carbocycles.